The molecule has 1 aliphatic heterocycles. The Morgan fingerprint density at radius 3 is 2.59 bits per heavy atom. The van der Waals surface area contributed by atoms with Crippen LogP contribution in [0.15, 0.2) is 29.3 Å². The van der Waals surface area contributed by atoms with Crippen LogP contribution in [-0.2, 0) is 6.42 Å². The van der Waals surface area contributed by atoms with Gasteiger partial charge in [-0.1, -0.05) is 19.1 Å². The minimum absolute atomic E-state index is 0.0365. The van der Waals surface area contributed by atoms with Gasteiger partial charge in [0.1, 0.15) is 0 Å². The normalized spacial score (nSPS) is 16.2. The van der Waals surface area contributed by atoms with E-state index in [1.54, 1.807) is 26.0 Å². The Morgan fingerprint density at radius 1 is 1.22 bits per heavy atom. The van der Waals surface area contributed by atoms with E-state index in [2.05, 4.69) is 33.5 Å². The quantitative estimate of drug-likeness (QED) is 0.565. The van der Waals surface area contributed by atoms with Crippen LogP contribution in [0.25, 0.3) is 0 Å². The Kier molecular flexibility index (Phi) is 8.58. The highest BCUT2D eigenvalue weighted by atomic mass is 16.2. The molecule has 2 N–H and O–H groups in total. The van der Waals surface area contributed by atoms with Crippen molar-refractivity contribution in [1.29, 1.82) is 0 Å². The Balaban J connectivity index is 1.70. The predicted molar refractivity (Wildman–Crippen MR) is 112 cm³/mol. The second-order valence-corrected chi connectivity index (χ2v) is 7.60. The summed E-state index contributed by atoms with van der Waals surface area (Å²) < 4.78 is 0. The summed E-state index contributed by atoms with van der Waals surface area (Å²) in [5.74, 6) is 1.74. The van der Waals surface area contributed by atoms with Gasteiger partial charge in [0.05, 0.1) is 0 Å². The molecule has 0 spiro atoms. The SMILES string of the molecule is CN=C(NCCc1cccc(C(=O)N(C)C)c1)NCCN1CCC(C)CC1. The summed E-state index contributed by atoms with van der Waals surface area (Å²) >= 11 is 0. The van der Waals surface area contributed by atoms with Crippen LogP contribution in [0.4, 0.5) is 0 Å². The minimum Gasteiger partial charge on any atom is -0.356 e. The van der Waals surface area contributed by atoms with Crippen molar-refractivity contribution in [3.63, 3.8) is 0 Å². The molecule has 0 aliphatic carbocycles. The molecule has 0 bridgehead atoms. The number of guanidine groups is 1. The van der Waals surface area contributed by atoms with E-state index in [-0.39, 0.29) is 5.91 Å². The first-order valence-electron chi connectivity index (χ1n) is 9.97. The molecule has 6 nitrogen and oxygen atoms in total. The molecule has 1 aromatic rings. The number of carbonyl (C=O) groups excluding carboxylic acids is 1. The number of amides is 1. The summed E-state index contributed by atoms with van der Waals surface area (Å²) in [6, 6.07) is 7.83. The summed E-state index contributed by atoms with van der Waals surface area (Å²) in [7, 11) is 5.35. The number of nitrogens with one attached hydrogen (secondary N) is 2. The largest absolute Gasteiger partial charge is 0.356 e. The lowest BCUT2D eigenvalue weighted by Crippen LogP contribution is -2.43. The molecule has 0 unspecified atom stereocenters. The van der Waals surface area contributed by atoms with Crippen molar-refractivity contribution < 1.29 is 4.79 Å². The van der Waals surface area contributed by atoms with Gasteiger partial charge in [-0.3, -0.25) is 9.79 Å². The number of benzene rings is 1. The Morgan fingerprint density at radius 2 is 1.93 bits per heavy atom. The standard InChI is InChI=1S/C21H35N5O/c1-17-9-13-26(14-10-17)15-12-24-21(22-2)23-11-8-18-6-5-7-19(16-18)20(27)25(3)4/h5-7,16-17H,8-15H2,1-4H3,(H2,22,23,24). The smallest absolute Gasteiger partial charge is 0.253 e. The molecule has 1 fully saturated rings. The molecule has 2 rings (SSSR count). The van der Waals surface area contributed by atoms with Crippen molar-refractivity contribution in [3.05, 3.63) is 35.4 Å². The van der Waals surface area contributed by atoms with Crippen molar-refractivity contribution in [2.45, 2.75) is 26.2 Å². The summed E-state index contributed by atoms with van der Waals surface area (Å²) in [6.45, 7) is 7.49. The molecule has 0 radical (unpaired) electrons. The molecular weight excluding hydrogens is 338 g/mol. The molecule has 1 heterocycles. The fourth-order valence-corrected chi connectivity index (χ4v) is 3.28. The van der Waals surface area contributed by atoms with E-state index in [0.717, 1.165) is 49.1 Å². The maximum atomic E-state index is 12.1. The average molecular weight is 374 g/mol. The molecule has 1 aromatic carbocycles. The lowest BCUT2D eigenvalue weighted by atomic mass is 9.99. The third kappa shape index (κ3) is 7.21. The van der Waals surface area contributed by atoms with E-state index in [0.29, 0.717) is 0 Å². The summed E-state index contributed by atoms with van der Waals surface area (Å²) in [4.78, 5) is 20.5. The first-order valence-corrected chi connectivity index (χ1v) is 9.97. The molecule has 6 heteroatoms. The van der Waals surface area contributed by atoms with Crippen molar-refractivity contribution >= 4 is 11.9 Å². The van der Waals surface area contributed by atoms with Gasteiger partial charge in [0, 0.05) is 46.3 Å². The maximum absolute atomic E-state index is 12.1. The maximum Gasteiger partial charge on any atom is 0.253 e. The molecule has 1 amide bonds. The third-order valence-electron chi connectivity index (χ3n) is 5.11. The lowest BCUT2D eigenvalue weighted by Gasteiger charge is -2.30. The van der Waals surface area contributed by atoms with E-state index in [4.69, 9.17) is 0 Å². The summed E-state index contributed by atoms with van der Waals surface area (Å²) in [5, 5.41) is 6.75. The molecule has 27 heavy (non-hydrogen) atoms. The van der Waals surface area contributed by atoms with Crippen molar-refractivity contribution in [2.75, 3.05) is 53.9 Å². The highest BCUT2D eigenvalue weighted by Gasteiger charge is 2.15. The van der Waals surface area contributed by atoms with Gasteiger partial charge < -0.3 is 20.4 Å². The minimum atomic E-state index is 0.0365. The fourth-order valence-electron chi connectivity index (χ4n) is 3.28. The van der Waals surface area contributed by atoms with Gasteiger partial charge in [0.2, 0.25) is 0 Å². The average Bonchev–Trinajstić information content (AvgIpc) is 2.67. The molecular formula is C21H35N5O. The molecule has 1 aliphatic rings. The first-order chi connectivity index (χ1) is 13.0. The zero-order valence-corrected chi connectivity index (χ0v) is 17.3. The second-order valence-electron chi connectivity index (χ2n) is 7.60. The Hall–Kier alpha value is -2.08. The van der Waals surface area contributed by atoms with Crippen LogP contribution in [0.5, 0.6) is 0 Å². The second kappa shape index (κ2) is 10.9. The summed E-state index contributed by atoms with van der Waals surface area (Å²) in [5.41, 5.74) is 1.88. The van der Waals surface area contributed by atoms with E-state index in [1.165, 1.54) is 25.9 Å². The highest BCUT2D eigenvalue weighted by molar-refractivity contribution is 5.94. The topological polar surface area (TPSA) is 60.0 Å². The number of hydrogen-bond acceptors (Lipinski definition) is 3. The molecule has 0 aromatic heterocycles. The number of aliphatic imine (C=N–C) groups is 1. The van der Waals surface area contributed by atoms with Crippen LogP contribution in [0.1, 0.15) is 35.7 Å². The van der Waals surface area contributed by atoms with Gasteiger partial charge in [-0.15, -0.1) is 0 Å². The van der Waals surface area contributed by atoms with Crippen molar-refractivity contribution in [3.8, 4) is 0 Å². The molecule has 150 valence electrons. The molecule has 0 atom stereocenters. The monoisotopic (exact) mass is 373 g/mol. The highest BCUT2D eigenvalue weighted by Crippen LogP contribution is 2.15. The molecule has 1 saturated heterocycles. The van der Waals surface area contributed by atoms with Crippen LogP contribution in [0, 0.1) is 5.92 Å². The first kappa shape index (κ1) is 21.2. The van der Waals surface area contributed by atoms with Crippen LogP contribution < -0.4 is 10.6 Å². The van der Waals surface area contributed by atoms with E-state index in [9.17, 15) is 4.79 Å². The Bertz CT molecular complexity index is 621. The van der Waals surface area contributed by atoms with Crippen molar-refractivity contribution in [1.82, 2.24) is 20.4 Å². The van der Waals surface area contributed by atoms with Gasteiger partial charge in [0.25, 0.3) is 5.91 Å². The number of piperidine rings is 1. The fraction of sp³-hybridized carbons (Fsp3) is 0.619. The van der Waals surface area contributed by atoms with Gasteiger partial charge >= 0.3 is 0 Å². The van der Waals surface area contributed by atoms with E-state index in [1.807, 2.05) is 18.2 Å². The summed E-state index contributed by atoms with van der Waals surface area (Å²) in [6.07, 6.45) is 3.46. The van der Waals surface area contributed by atoms with Crippen LogP contribution in [0.2, 0.25) is 0 Å². The van der Waals surface area contributed by atoms with Gasteiger partial charge in [-0.25, -0.2) is 0 Å². The predicted octanol–water partition coefficient (Wildman–Crippen LogP) is 1.83. The van der Waals surface area contributed by atoms with Crippen LogP contribution in [-0.4, -0.2) is 75.5 Å². The van der Waals surface area contributed by atoms with Gasteiger partial charge in [-0.05, 0) is 56.0 Å². The van der Waals surface area contributed by atoms with E-state index < -0.39 is 0 Å². The third-order valence-corrected chi connectivity index (χ3v) is 5.11. The van der Waals surface area contributed by atoms with Gasteiger partial charge in [-0.2, -0.15) is 0 Å². The zero-order valence-electron chi connectivity index (χ0n) is 17.3. The number of likely N-dealkylation sites (tertiary alicyclic amines) is 1. The molecule has 0 saturated carbocycles. The zero-order chi connectivity index (χ0) is 19.6. The van der Waals surface area contributed by atoms with Crippen LogP contribution >= 0.6 is 0 Å². The Labute approximate surface area is 164 Å². The lowest BCUT2D eigenvalue weighted by molar-refractivity contribution is 0.0827. The van der Waals surface area contributed by atoms with E-state index >= 15 is 0 Å². The number of carbonyl (C=O) groups is 1. The number of nitrogens with zero attached hydrogens (tertiary/aromatic N) is 3. The number of rotatable bonds is 7. The van der Waals surface area contributed by atoms with Crippen molar-refractivity contribution in [2.24, 2.45) is 10.9 Å². The van der Waals surface area contributed by atoms with Gasteiger partial charge in [0.15, 0.2) is 5.96 Å². The van der Waals surface area contributed by atoms with Crippen LogP contribution in [0.3, 0.4) is 0 Å². The number of hydrogen-bond donors (Lipinski definition) is 2.